The Hall–Kier alpha value is -8.72. The van der Waals surface area contributed by atoms with Gasteiger partial charge in [0, 0.05) is 28.5 Å². The van der Waals surface area contributed by atoms with Gasteiger partial charge in [0.1, 0.15) is 0 Å². The fraction of sp³-hybridized carbons (Fsp3) is 0.0303. The standard InChI is InChI=1S/C66H50N2/c1-6-16-48(17-7-1)53-30-38-60(39-31-53)67-65-44-36-58(50-20-10-3-11-21-50)46-63(65)57-28-26-52(27-29-57)55-34-42-62(43-35-55)68(61-40-32-54(33-41-61)49-18-8-2-9-19-49)66-45-37-59(51-22-12-4-13-23-51)47-64(66)56-24-14-5-15-25-56/h1-47,63,65,67H. The monoisotopic (exact) mass is 870 g/mol. The van der Waals surface area contributed by atoms with Crippen molar-refractivity contribution in [3.63, 3.8) is 0 Å². The number of nitrogens with zero attached hydrogens (tertiary/aromatic N) is 1. The summed E-state index contributed by atoms with van der Waals surface area (Å²) >= 11 is 0. The van der Waals surface area contributed by atoms with Crippen LogP contribution < -0.4 is 10.2 Å². The first-order valence-corrected chi connectivity index (χ1v) is 23.5. The quantitative estimate of drug-likeness (QED) is 0.132. The minimum atomic E-state index is 0.0745. The summed E-state index contributed by atoms with van der Waals surface area (Å²) < 4.78 is 0. The van der Waals surface area contributed by atoms with Gasteiger partial charge in [0.25, 0.3) is 0 Å². The van der Waals surface area contributed by atoms with Crippen LogP contribution in [0.4, 0.5) is 22.7 Å². The van der Waals surface area contributed by atoms with Gasteiger partial charge in [-0.05, 0) is 115 Å². The third kappa shape index (κ3) is 9.09. The zero-order valence-corrected chi connectivity index (χ0v) is 37.7. The predicted molar refractivity (Wildman–Crippen MR) is 288 cm³/mol. The fourth-order valence-corrected chi connectivity index (χ4v) is 9.48. The number of nitrogens with one attached hydrogen (secondary N) is 1. The molecule has 2 nitrogen and oxygen atoms in total. The van der Waals surface area contributed by atoms with E-state index in [-0.39, 0.29) is 12.0 Å². The molecule has 1 aliphatic carbocycles. The van der Waals surface area contributed by atoms with Gasteiger partial charge in [0.15, 0.2) is 0 Å². The average Bonchev–Trinajstić information content (AvgIpc) is 3.43. The Morgan fingerprint density at radius 1 is 0.324 bits per heavy atom. The summed E-state index contributed by atoms with van der Waals surface area (Å²) in [6.45, 7) is 0. The zero-order chi connectivity index (χ0) is 45.5. The van der Waals surface area contributed by atoms with Crippen molar-refractivity contribution in [1.29, 1.82) is 0 Å². The summed E-state index contributed by atoms with van der Waals surface area (Å²) in [7, 11) is 0. The van der Waals surface area contributed by atoms with E-state index in [0.717, 1.165) is 28.3 Å². The Morgan fingerprint density at radius 2 is 0.706 bits per heavy atom. The van der Waals surface area contributed by atoms with Crippen LogP contribution in [-0.4, -0.2) is 6.04 Å². The summed E-state index contributed by atoms with van der Waals surface area (Å²) in [6.07, 6.45) is 7.01. The highest BCUT2D eigenvalue weighted by atomic mass is 15.1. The summed E-state index contributed by atoms with van der Waals surface area (Å²) in [5.74, 6) is 0.120. The second-order valence-corrected chi connectivity index (χ2v) is 17.4. The first kappa shape index (κ1) is 41.9. The van der Waals surface area contributed by atoms with Crippen molar-refractivity contribution in [2.75, 3.05) is 10.2 Å². The minimum absolute atomic E-state index is 0.0745. The van der Waals surface area contributed by atoms with Gasteiger partial charge in [-0.15, -0.1) is 0 Å². The Kier molecular flexibility index (Phi) is 12.0. The van der Waals surface area contributed by atoms with Crippen molar-refractivity contribution in [2.45, 2.75) is 12.0 Å². The minimum Gasteiger partial charge on any atom is -0.378 e. The van der Waals surface area contributed by atoms with Crippen LogP contribution >= 0.6 is 0 Å². The summed E-state index contributed by atoms with van der Waals surface area (Å²) in [6, 6.07) is 96.1. The molecule has 0 aliphatic heterocycles. The van der Waals surface area contributed by atoms with Crippen molar-refractivity contribution >= 4 is 28.3 Å². The second-order valence-electron chi connectivity index (χ2n) is 17.4. The molecule has 0 saturated heterocycles. The van der Waals surface area contributed by atoms with E-state index in [1.807, 2.05) is 0 Å². The van der Waals surface area contributed by atoms with Crippen molar-refractivity contribution in [3.8, 4) is 55.6 Å². The van der Waals surface area contributed by atoms with Gasteiger partial charge in [-0.25, -0.2) is 0 Å². The fourth-order valence-electron chi connectivity index (χ4n) is 9.48. The Morgan fingerprint density at radius 3 is 1.19 bits per heavy atom. The van der Waals surface area contributed by atoms with Crippen molar-refractivity contribution < 1.29 is 0 Å². The Balaban J connectivity index is 0.922. The first-order chi connectivity index (χ1) is 33.7. The zero-order valence-electron chi connectivity index (χ0n) is 37.7. The normalized spacial score (nSPS) is 14.2. The van der Waals surface area contributed by atoms with Gasteiger partial charge in [-0.2, -0.15) is 0 Å². The molecule has 0 aromatic heterocycles. The van der Waals surface area contributed by atoms with Crippen LogP contribution in [0.1, 0.15) is 17.0 Å². The predicted octanol–water partition coefficient (Wildman–Crippen LogP) is 17.7. The first-order valence-electron chi connectivity index (χ1n) is 23.5. The third-order valence-electron chi connectivity index (χ3n) is 13.1. The van der Waals surface area contributed by atoms with Crippen LogP contribution in [0.5, 0.6) is 0 Å². The summed E-state index contributed by atoms with van der Waals surface area (Å²) in [4.78, 5) is 2.40. The number of hydrogen-bond acceptors (Lipinski definition) is 2. The van der Waals surface area contributed by atoms with Crippen LogP contribution in [0.3, 0.4) is 0 Å². The van der Waals surface area contributed by atoms with Crippen LogP contribution in [0.15, 0.2) is 285 Å². The van der Waals surface area contributed by atoms with Gasteiger partial charge in [0.2, 0.25) is 0 Å². The maximum Gasteiger partial charge on any atom is 0.0551 e. The van der Waals surface area contributed by atoms with Gasteiger partial charge in [0.05, 0.1) is 11.7 Å². The molecule has 0 fully saturated rings. The maximum atomic E-state index is 3.87. The molecule has 68 heavy (non-hydrogen) atoms. The van der Waals surface area contributed by atoms with Gasteiger partial charge in [-0.3, -0.25) is 0 Å². The smallest absolute Gasteiger partial charge is 0.0551 e. The number of anilines is 4. The lowest BCUT2D eigenvalue weighted by Gasteiger charge is -2.29. The molecule has 1 N–H and O–H groups in total. The second kappa shape index (κ2) is 19.4. The van der Waals surface area contributed by atoms with Gasteiger partial charge in [-0.1, -0.05) is 237 Å². The molecular weight excluding hydrogens is 821 g/mol. The summed E-state index contributed by atoms with van der Waals surface area (Å²) in [5.41, 5.74) is 20.0. The van der Waals surface area contributed by atoms with Crippen LogP contribution in [0.25, 0.3) is 61.2 Å². The molecule has 0 amide bonds. The molecule has 10 aromatic carbocycles. The Bertz CT molecular complexity index is 3290. The molecule has 0 bridgehead atoms. The van der Waals surface area contributed by atoms with E-state index in [1.54, 1.807) is 0 Å². The number of hydrogen-bond donors (Lipinski definition) is 1. The van der Waals surface area contributed by atoms with E-state index < -0.39 is 0 Å². The lowest BCUT2D eigenvalue weighted by Crippen LogP contribution is -2.26. The lowest BCUT2D eigenvalue weighted by atomic mass is 9.83. The molecular formula is C66H50N2. The van der Waals surface area contributed by atoms with E-state index in [9.17, 15) is 0 Å². The topological polar surface area (TPSA) is 15.3 Å². The molecule has 10 aromatic rings. The molecule has 0 saturated carbocycles. The molecule has 2 unspecified atom stereocenters. The Labute approximate surface area is 400 Å². The molecule has 1 aliphatic rings. The molecule has 0 heterocycles. The number of allylic oxidation sites excluding steroid dienone is 2. The van der Waals surface area contributed by atoms with E-state index >= 15 is 0 Å². The van der Waals surface area contributed by atoms with Gasteiger partial charge >= 0.3 is 0 Å². The van der Waals surface area contributed by atoms with E-state index in [2.05, 4.69) is 295 Å². The average molecular weight is 871 g/mol. The highest BCUT2D eigenvalue weighted by Crippen LogP contribution is 2.44. The van der Waals surface area contributed by atoms with Crippen molar-refractivity contribution in [3.05, 3.63) is 296 Å². The van der Waals surface area contributed by atoms with Crippen LogP contribution in [0.2, 0.25) is 0 Å². The highest BCUT2D eigenvalue weighted by molar-refractivity contribution is 5.91. The molecule has 2 heteroatoms. The molecule has 11 rings (SSSR count). The van der Waals surface area contributed by atoms with Crippen molar-refractivity contribution in [2.24, 2.45) is 0 Å². The van der Waals surface area contributed by atoms with E-state index in [1.165, 1.54) is 66.8 Å². The van der Waals surface area contributed by atoms with Crippen LogP contribution in [-0.2, 0) is 0 Å². The lowest BCUT2D eigenvalue weighted by molar-refractivity contribution is 0.759. The molecule has 0 spiro atoms. The number of benzene rings is 10. The highest BCUT2D eigenvalue weighted by Gasteiger charge is 2.24. The van der Waals surface area contributed by atoms with E-state index in [0.29, 0.717) is 0 Å². The SMILES string of the molecule is C1=CC(Nc2ccc(-c3ccccc3)cc2)C(c2ccc(-c3ccc(N(c4ccc(-c5ccccc5)cc4)c4ccc(-c5ccccc5)cc4-c4ccccc4)cc3)cc2)C=C1c1ccccc1. The molecule has 0 radical (unpaired) electrons. The van der Waals surface area contributed by atoms with Crippen molar-refractivity contribution in [1.82, 2.24) is 0 Å². The molecule has 2 atom stereocenters. The van der Waals surface area contributed by atoms with E-state index in [4.69, 9.17) is 0 Å². The van der Waals surface area contributed by atoms with Crippen LogP contribution in [0, 0.1) is 0 Å². The molecule has 324 valence electrons. The van der Waals surface area contributed by atoms with Gasteiger partial charge < -0.3 is 10.2 Å². The number of rotatable bonds is 12. The maximum absolute atomic E-state index is 3.87. The third-order valence-corrected chi connectivity index (χ3v) is 13.1. The summed E-state index contributed by atoms with van der Waals surface area (Å²) in [5, 5.41) is 3.87. The largest absolute Gasteiger partial charge is 0.378 e.